The van der Waals surface area contributed by atoms with Gasteiger partial charge in [0, 0.05) is 18.9 Å². The van der Waals surface area contributed by atoms with Gasteiger partial charge in [0.25, 0.3) is 0 Å². The standard InChI is InChI=1S/C13H18N4/c1-4-11-7-5-6-10(2)13(11)14-8-12-9-17(3)16-15-12/h5-7,9,14H,4,8H2,1-3H3. The molecule has 90 valence electrons. The van der Waals surface area contributed by atoms with Crippen LogP contribution in [0, 0.1) is 6.92 Å². The molecule has 0 radical (unpaired) electrons. The molecule has 2 aromatic rings. The molecule has 0 spiro atoms. The van der Waals surface area contributed by atoms with Crippen molar-refractivity contribution in [3.63, 3.8) is 0 Å². The van der Waals surface area contributed by atoms with Crippen LogP contribution >= 0.6 is 0 Å². The number of para-hydroxylation sites is 1. The molecule has 0 unspecified atom stereocenters. The fraction of sp³-hybridized carbons (Fsp3) is 0.385. The van der Waals surface area contributed by atoms with Crippen LogP contribution in [-0.4, -0.2) is 15.0 Å². The molecule has 1 aromatic heterocycles. The second kappa shape index (κ2) is 4.99. The van der Waals surface area contributed by atoms with Gasteiger partial charge in [-0.2, -0.15) is 0 Å². The molecule has 0 atom stereocenters. The summed E-state index contributed by atoms with van der Waals surface area (Å²) in [5, 5.41) is 11.4. The number of anilines is 1. The quantitative estimate of drug-likeness (QED) is 0.876. The average molecular weight is 230 g/mol. The zero-order valence-corrected chi connectivity index (χ0v) is 10.6. The SMILES string of the molecule is CCc1cccc(C)c1NCc1cn(C)nn1. The van der Waals surface area contributed by atoms with Crippen molar-refractivity contribution in [3.8, 4) is 0 Å². The number of rotatable bonds is 4. The number of nitrogens with zero attached hydrogens (tertiary/aromatic N) is 3. The predicted octanol–water partition coefficient (Wildman–Crippen LogP) is 2.30. The van der Waals surface area contributed by atoms with Gasteiger partial charge in [0.15, 0.2) is 0 Å². The molecule has 4 heteroatoms. The van der Waals surface area contributed by atoms with Gasteiger partial charge in [-0.05, 0) is 24.5 Å². The number of hydrogen-bond acceptors (Lipinski definition) is 3. The van der Waals surface area contributed by atoms with Crippen LogP contribution in [-0.2, 0) is 20.0 Å². The van der Waals surface area contributed by atoms with Crippen molar-refractivity contribution in [3.05, 3.63) is 41.2 Å². The molecule has 1 N–H and O–H groups in total. The molecule has 0 aliphatic rings. The van der Waals surface area contributed by atoms with Crippen LogP contribution < -0.4 is 5.32 Å². The van der Waals surface area contributed by atoms with E-state index in [0.29, 0.717) is 6.54 Å². The molecular formula is C13H18N4. The molecule has 17 heavy (non-hydrogen) atoms. The van der Waals surface area contributed by atoms with E-state index >= 15 is 0 Å². The molecule has 0 saturated carbocycles. The van der Waals surface area contributed by atoms with Crippen molar-refractivity contribution in [1.29, 1.82) is 0 Å². The summed E-state index contributed by atoms with van der Waals surface area (Å²) in [5.41, 5.74) is 4.79. The summed E-state index contributed by atoms with van der Waals surface area (Å²) in [4.78, 5) is 0. The minimum absolute atomic E-state index is 0.714. The van der Waals surface area contributed by atoms with Gasteiger partial charge < -0.3 is 5.32 Å². The van der Waals surface area contributed by atoms with Crippen LogP contribution in [0.25, 0.3) is 0 Å². The number of hydrogen-bond donors (Lipinski definition) is 1. The maximum Gasteiger partial charge on any atom is 0.102 e. The highest BCUT2D eigenvalue weighted by atomic mass is 15.4. The van der Waals surface area contributed by atoms with Gasteiger partial charge in [0.1, 0.15) is 5.69 Å². The largest absolute Gasteiger partial charge is 0.379 e. The molecule has 0 aliphatic carbocycles. The third kappa shape index (κ3) is 2.64. The lowest BCUT2D eigenvalue weighted by Gasteiger charge is -2.12. The topological polar surface area (TPSA) is 42.7 Å². The normalized spacial score (nSPS) is 10.5. The van der Waals surface area contributed by atoms with Gasteiger partial charge >= 0.3 is 0 Å². The van der Waals surface area contributed by atoms with Crippen molar-refractivity contribution in [2.24, 2.45) is 7.05 Å². The Balaban J connectivity index is 2.13. The Morgan fingerprint density at radius 1 is 1.35 bits per heavy atom. The first kappa shape index (κ1) is 11.6. The summed E-state index contributed by atoms with van der Waals surface area (Å²) in [5.74, 6) is 0. The number of aromatic nitrogens is 3. The molecule has 0 amide bonds. The summed E-state index contributed by atoms with van der Waals surface area (Å²) in [7, 11) is 1.88. The van der Waals surface area contributed by atoms with E-state index in [9.17, 15) is 0 Å². The van der Waals surface area contributed by atoms with E-state index in [1.807, 2.05) is 13.2 Å². The van der Waals surface area contributed by atoms with Gasteiger partial charge in [-0.3, -0.25) is 4.68 Å². The molecule has 1 aromatic carbocycles. The Hall–Kier alpha value is -1.84. The van der Waals surface area contributed by atoms with E-state index in [1.54, 1.807) is 4.68 Å². The minimum Gasteiger partial charge on any atom is -0.379 e. The molecular weight excluding hydrogens is 212 g/mol. The fourth-order valence-electron chi connectivity index (χ4n) is 1.93. The van der Waals surface area contributed by atoms with Gasteiger partial charge in [0.2, 0.25) is 0 Å². The molecule has 1 heterocycles. The third-order valence-corrected chi connectivity index (χ3v) is 2.84. The van der Waals surface area contributed by atoms with Crippen molar-refractivity contribution < 1.29 is 0 Å². The monoisotopic (exact) mass is 230 g/mol. The van der Waals surface area contributed by atoms with Gasteiger partial charge in [0.05, 0.1) is 6.54 Å². The Bertz CT molecular complexity index is 502. The fourth-order valence-corrected chi connectivity index (χ4v) is 1.93. The lowest BCUT2D eigenvalue weighted by Crippen LogP contribution is -2.04. The van der Waals surface area contributed by atoms with Crippen molar-refractivity contribution in [1.82, 2.24) is 15.0 Å². The lowest BCUT2D eigenvalue weighted by molar-refractivity contribution is 0.713. The maximum absolute atomic E-state index is 4.07. The third-order valence-electron chi connectivity index (χ3n) is 2.84. The van der Waals surface area contributed by atoms with Crippen LogP contribution in [0.3, 0.4) is 0 Å². The second-order valence-electron chi connectivity index (χ2n) is 4.20. The summed E-state index contributed by atoms with van der Waals surface area (Å²) < 4.78 is 1.72. The van der Waals surface area contributed by atoms with E-state index in [1.165, 1.54) is 16.8 Å². The first-order chi connectivity index (χ1) is 8.20. The second-order valence-corrected chi connectivity index (χ2v) is 4.20. The van der Waals surface area contributed by atoms with Crippen molar-refractivity contribution in [2.45, 2.75) is 26.8 Å². The zero-order valence-electron chi connectivity index (χ0n) is 10.6. The molecule has 0 aliphatic heterocycles. The van der Waals surface area contributed by atoms with Crippen molar-refractivity contribution >= 4 is 5.69 Å². The van der Waals surface area contributed by atoms with Crippen LogP contribution in [0.2, 0.25) is 0 Å². The zero-order chi connectivity index (χ0) is 12.3. The van der Waals surface area contributed by atoms with E-state index in [4.69, 9.17) is 0 Å². The van der Waals surface area contributed by atoms with E-state index in [-0.39, 0.29) is 0 Å². The molecule has 0 fully saturated rings. The Morgan fingerprint density at radius 3 is 2.82 bits per heavy atom. The number of benzene rings is 1. The first-order valence-electron chi connectivity index (χ1n) is 5.88. The summed E-state index contributed by atoms with van der Waals surface area (Å²) >= 11 is 0. The summed E-state index contributed by atoms with van der Waals surface area (Å²) in [6, 6.07) is 6.38. The van der Waals surface area contributed by atoms with Crippen LogP contribution in [0.1, 0.15) is 23.7 Å². The van der Waals surface area contributed by atoms with Gasteiger partial charge in [-0.1, -0.05) is 30.3 Å². The molecule has 2 rings (SSSR count). The molecule has 0 saturated heterocycles. The van der Waals surface area contributed by atoms with E-state index in [2.05, 4.69) is 47.7 Å². The highest BCUT2D eigenvalue weighted by molar-refractivity contribution is 5.57. The Labute approximate surface area is 102 Å². The predicted molar refractivity (Wildman–Crippen MR) is 68.9 cm³/mol. The average Bonchev–Trinajstić information content (AvgIpc) is 2.73. The van der Waals surface area contributed by atoms with Crippen LogP contribution in [0.15, 0.2) is 24.4 Å². The first-order valence-corrected chi connectivity index (χ1v) is 5.88. The summed E-state index contributed by atoms with van der Waals surface area (Å²) in [6.45, 7) is 5.01. The maximum atomic E-state index is 4.07. The Morgan fingerprint density at radius 2 is 2.18 bits per heavy atom. The highest BCUT2D eigenvalue weighted by Gasteiger charge is 2.04. The smallest absolute Gasteiger partial charge is 0.102 e. The van der Waals surface area contributed by atoms with Crippen LogP contribution in [0.4, 0.5) is 5.69 Å². The molecule has 4 nitrogen and oxygen atoms in total. The van der Waals surface area contributed by atoms with Gasteiger partial charge in [-0.15, -0.1) is 5.10 Å². The molecule has 0 bridgehead atoms. The number of aryl methyl sites for hydroxylation is 3. The summed E-state index contributed by atoms with van der Waals surface area (Å²) in [6.07, 6.45) is 2.96. The van der Waals surface area contributed by atoms with Crippen molar-refractivity contribution in [2.75, 3.05) is 5.32 Å². The van der Waals surface area contributed by atoms with E-state index < -0.39 is 0 Å². The number of nitrogens with one attached hydrogen (secondary N) is 1. The Kier molecular flexibility index (Phi) is 3.42. The van der Waals surface area contributed by atoms with Gasteiger partial charge in [-0.25, -0.2) is 0 Å². The van der Waals surface area contributed by atoms with E-state index in [0.717, 1.165) is 12.1 Å². The van der Waals surface area contributed by atoms with Crippen LogP contribution in [0.5, 0.6) is 0 Å². The highest BCUT2D eigenvalue weighted by Crippen LogP contribution is 2.21. The minimum atomic E-state index is 0.714. The lowest BCUT2D eigenvalue weighted by atomic mass is 10.1.